The molecule has 0 saturated heterocycles. The summed E-state index contributed by atoms with van der Waals surface area (Å²) in [6.45, 7) is 1.70. The van der Waals surface area contributed by atoms with Crippen LogP contribution in [0.4, 0.5) is 0 Å². The lowest BCUT2D eigenvalue weighted by atomic mass is 10.1. The molecule has 40 heavy (non-hydrogen) atoms. The number of nitrogens with one attached hydrogen (secondary N) is 1. The molecule has 2 amide bonds. The van der Waals surface area contributed by atoms with Crippen LogP contribution in [-0.4, -0.2) is 74.2 Å². The second kappa shape index (κ2) is 14.2. The predicted octanol–water partition coefficient (Wildman–Crippen LogP) is 4.94. The number of methoxy groups -OCH3 is 3. The molecule has 1 heterocycles. The summed E-state index contributed by atoms with van der Waals surface area (Å²) in [5.74, 6) is 1.04. The molecule has 8 nitrogen and oxygen atoms in total. The molecule has 0 fully saturated rings. The summed E-state index contributed by atoms with van der Waals surface area (Å²) in [6.07, 6.45) is 3.29. The molecule has 0 unspecified atom stereocenters. The van der Waals surface area contributed by atoms with Crippen LogP contribution in [0.5, 0.6) is 11.5 Å². The highest BCUT2D eigenvalue weighted by Crippen LogP contribution is 2.22. The second-order valence-electron chi connectivity index (χ2n) is 9.54. The quantitative estimate of drug-likeness (QED) is 0.228. The highest BCUT2D eigenvalue weighted by Gasteiger charge is 2.23. The fourth-order valence-electron chi connectivity index (χ4n) is 4.76. The van der Waals surface area contributed by atoms with Crippen LogP contribution in [0.2, 0.25) is 0 Å². The summed E-state index contributed by atoms with van der Waals surface area (Å²) < 4.78 is 16.0. The van der Waals surface area contributed by atoms with Crippen molar-refractivity contribution in [1.29, 1.82) is 0 Å². The number of aromatic amines is 1. The Morgan fingerprint density at radius 3 is 2.30 bits per heavy atom. The van der Waals surface area contributed by atoms with E-state index in [9.17, 15) is 9.59 Å². The van der Waals surface area contributed by atoms with Gasteiger partial charge in [0.05, 0.1) is 14.2 Å². The molecule has 1 N–H and O–H groups in total. The Bertz CT molecular complexity index is 1400. The van der Waals surface area contributed by atoms with Crippen LogP contribution < -0.4 is 9.47 Å². The van der Waals surface area contributed by atoms with E-state index >= 15 is 0 Å². The van der Waals surface area contributed by atoms with E-state index in [2.05, 4.69) is 11.1 Å². The van der Waals surface area contributed by atoms with Gasteiger partial charge in [-0.25, -0.2) is 0 Å². The Labute approximate surface area is 235 Å². The van der Waals surface area contributed by atoms with Crippen LogP contribution in [0.25, 0.3) is 10.9 Å². The lowest BCUT2D eigenvalue weighted by Gasteiger charge is -2.28. The summed E-state index contributed by atoms with van der Waals surface area (Å²) in [6, 6.07) is 22.8. The van der Waals surface area contributed by atoms with Gasteiger partial charge in [0, 0.05) is 61.6 Å². The number of carbonyl (C=O) groups is 2. The molecule has 0 bridgehead atoms. The maximum Gasteiger partial charge on any atom is 0.254 e. The fraction of sp³-hybridized carbons (Fsp3) is 0.312. The fourth-order valence-corrected chi connectivity index (χ4v) is 4.76. The topological polar surface area (TPSA) is 84.1 Å². The lowest BCUT2D eigenvalue weighted by molar-refractivity contribution is -0.132. The van der Waals surface area contributed by atoms with Crippen molar-refractivity contribution in [3.63, 3.8) is 0 Å². The Morgan fingerprint density at radius 2 is 1.55 bits per heavy atom. The Hall–Kier alpha value is -4.30. The number of rotatable bonds is 14. The molecule has 0 saturated carbocycles. The molecule has 4 aromatic rings. The first-order valence-corrected chi connectivity index (χ1v) is 13.4. The molecule has 4 rings (SSSR count). The molecule has 0 radical (unpaired) electrons. The van der Waals surface area contributed by atoms with Crippen molar-refractivity contribution < 1.29 is 23.8 Å². The first-order valence-electron chi connectivity index (χ1n) is 13.4. The largest absolute Gasteiger partial charge is 0.497 e. The third-order valence-corrected chi connectivity index (χ3v) is 6.96. The van der Waals surface area contributed by atoms with E-state index in [0.717, 1.165) is 27.8 Å². The summed E-state index contributed by atoms with van der Waals surface area (Å²) in [4.78, 5) is 34.1. The zero-order valence-corrected chi connectivity index (χ0v) is 23.4. The van der Waals surface area contributed by atoms with Crippen LogP contribution >= 0.6 is 0 Å². The number of benzene rings is 3. The third kappa shape index (κ3) is 7.21. The molecule has 0 aliphatic heterocycles. The predicted molar refractivity (Wildman–Crippen MR) is 156 cm³/mol. The molecule has 0 aliphatic rings. The molecule has 0 atom stereocenters. The minimum Gasteiger partial charge on any atom is -0.497 e. The smallest absolute Gasteiger partial charge is 0.254 e. The lowest BCUT2D eigenvalue weighted by Crippen LogP contribution is -2.44. The van der Waals surface area contributed by atoms with Gasteiger partial charge < -0.3 is 29.0 Å². The molecule has 0 aliphatic carbocycles. The summed E-state index contributed by atoms with van der Waals surface area (Å²) >= 11 is 0. The zero-order chi connectivity index (χ0) is 28.3. The number of hydrogen-bond donors (Lipinski definition) is 1. The van der Waals surface area contributed by atoms with Gasteiger partial charge in [0.25, 0.3) is 5.91 Å². The van der Waals surface area contributed by atoms with Gasteiger partial charge in [-0.15, -0.1) is 0 Å². The number of para-hydroxylation sites is 2. The molecule has 210 valence electrons. The first-order chi connectivity index (χ1) is 19.5. The molecular weight excluding hydrogens is 506 g/mol. The van der Waals surface area contributed by atoms with Crippen molar-refractivity contribution in [2.45, 2.75) is 19.4 Å². The van der Waals surface area contributed by atoms with E-state index in [0.29, 0.717) is 50.4 Å². The number of aromatic nitrogens is 1. The average Bonchev–Trinajstić information content (AvgIpc) is 3.41. The van der Waals surface area contributed by atoms with Crippen molar-refractivity contribution in [1.82, 2.24) is 14.8 Å². The highest BCUT2D eigenvalue weighted by atomic mass is 16.5. The van der Waals surface area contributed by atoms with Gasteiger partial charge in [-0.05, 0) is 54.8 Å². The van der Waals surface area contributed by atoms with Crippen molar-refractivity contribution in [3.8, 4) is 11.5 Å². The van der Waals surface area contributed by atoms with Crippen LogP contribution in [-0.2, 0) is 22.5 Å². The summed E-state index contributed by atoms with van der Waals surface area (Å²) in [7, 11) is 4.83. The van der Waals surface area contributed by atoms with E-state index < -0.39 is 0 Å². The number of amides is 2. The number of hydrogen-bond acceptors (Lipinski definition) is 5. The van der Waals surface area contributed by atoms with E-state index in [-0.39, 0.29) is 18.4 Å². The zero-order valence-electron chi connectivity index (χ0n) is 23.4. The van der Waals surface area contributed by atoms with Gasteiger partial charge in [-0.3, -0.25) is 9.59 Å². The van der Waals surface area contributed by atoms with E-state index in [1.54, 1.807) is 50.5 Å². The molecule has 8 heteroatoms. The van der Waals surface area contributed by atoms with Gasteiger partial charge in [0.1, 0.15) is 18.0 Å². The van der Waals surface area contributed by atoms with Gasteiger partial charge in [0.2, 0.25) is 5.91 Å². The maximum absolute atomic E-state index is 13.9. The molecule has 1 aromatic heterocycles. The van der Waals surface area contributed by atoms with Crippen LogP contribution in [0, 0.1) is 0 Å². The Kier molecular flexibility index (Phi) is 10.2. The van der Waals surface area contributed by atoms with Crippen molar-refractivity contribution >= 4 is 22.7 Å². The van der Waals surface area contributed by atoms with Crippen molar-refractivity contribution in [3.05, 3.63) is 95.7 Å². The second-order valence-corrected chi connectivity index (χ2v) is 9.54. The van der Waals surface area contributed by atoms with Crippen molar-refractivity contribution in [2.24, 2.45) is 0 Å². The average molecular weight is 544 g/mol. The highest BCUT2D eigenvalue weighted by molar-refractivity contribution is 5.96. The summed E-state index contributed by atoms with van der Waals surface area (Å²) in [5, 5.41) is 1.14. The maximum atomic E-state index is 13.9. The number of H-pyrrole nitrogens is 1. The number of ether oxygens (including phenoxy) is 3. The number of nitrogens with zero attached hydrogens (tertiary/aromatic N) is 2. The van der Waals surface area contributed by atoms with Gasteiger partial charge in [-0.2, -0.15) is 0 Å². The van der Waals surface area contributed by atoms with Gasteiger partial charge in [-0.1, -0.05) is 36.4 Å². The molecule has 0 spiro atoms. The number of fused-ring (bicyclic) bond motifs is 1. The van der Waals surface area contributed by atoms with Crippen LogP contribution in [0.3, 0.4) is 0 Å². The Balaban J connectivity index is 1.56. The summed E-state index contributed by atoms with van der Waals surface area (Å²) in [5.41, 5.74) is 3.61. The van der Waals surface area contributed by atoms with Gasteiger partial charge >= 0.3 is 0 Å². The third-order valence-electron chi connectivity index (χ3n) is 6.96. The minimum atomic E-state index is -0.207. The SMILES string of the molecule is COCCCN(CC(=O)N(CCc1c[nH]c2ccccc12)Cc1ccccc1OC)C(=O)c1ccc(OC)cc1. The number of carbonyl (C=O) groups excluding carboxylic acids is 2. The van der Waals surface area contributed by atoms with E-state index in [4.69, 9.17) is 14.2 Å². The normalized spacial score (nSPS) is 10.9. The Morgan fingerprint density at radius 1 is 0.800 bits per heavy atom. The van der Waals surface area contributed by atoms with Crippen LogP contribution in [0.15, 0.2) is 79.0 Å². The van der Waals surface area contributed by atoms with E-state index in [1.165, 1.54) is 0 Å². The minimum absolute atomic E-state index is 0.0440. The molecular formula is C32H37N3O5. The van der Waals surface area contributed by atoms with E-state index in [1.807, 2.05) is 53.6 Å². The monoisotopic (exact) mass is 543 g/mol. The van der Waals surface area contributed by atoms with Crippen LogP contribution in [0.1, 0.15) is 27.9 Å². The standard InChI is InChI=1S/C32H37N3O5/c1-38-20-8-18-35(32(37)24-13-15-27(39-2)16-14-24)23-31(36)34(22-26-9-4-7-12-30(26)40-3)19-17-25-21-33-29-11-6-5-10-28(25)29/h4-7,9-16,21,33H,8,17-20,22-23H2,1-3H3. The van der Waals surface area contributed by atoms with Gasteiger partial charge in [0.15, 0.2) is 0 Å². The first kappa shape index (κ1) is 28.7. The van der Waals surface area contributed by atoms with Crippen molar-refractivity contribution in [2.75, 3.05) is 47.6 Å². The molecule has 3 aromatic carbocycles.